The summed E-state index contributed by atoms with van der Waals surface area (Å²) in [5.74, 6) is -6.94. The van der Waals surface area contributed by atoms with E-state index >= 15 is 17.6 Å². The predicted octanol–water partition coefficient (Wildman–Crippen LogP) is 13.7. The maximum absolute atomic E-state index is 15.3. The molecule has 5 aromatic rings. The van der Waals surface area contributed by atoms with Crippen LogP contribution in [-0.2, 0) is 19.0 Å². The Morgan fingerprint density at radius 2 is 1.15 bits per heavy atom. The summed E-state index contributed by atoms with van der Waals surface area (Å²) >= 11 is 0. The molecule has 5 aromatic carbocycles. The predicted molar refractivity (Wildman–Crippen MR) is 185 cm³/mol. The van der Waals surface area contributed by atoms with Crippen molar-refractivity contribution in [3.63, 3.8) is 0 Å². The SMILES string of the molecule is CCCCCCCc1ccc(-c2ccc(-c3ccc(-c4cc(F)c(C(F)(F)Oc5ccc(CCC=C(F)F)c(F)c5)c(F)c4)c(F)c3)c(F)c2)cc1. The van der Waals surface area contributed by atoms with Crippen molar-refractivity contribution in [1.82, 2.24) is 0 Å². The molecule has 0 amide bonds. The third kappa shape index (κ3) is 9.46. The second-order valence-corrected chi connectivity index (χ2v) is 12.5. The number of halogens is 9. The van der Waals surface area contributed by atoms with Gasteiger partial charge in [0.25, 0.3) is 6.08 Å². The van der Waals surface area contributed by atoms with Crippen LogP contribution in [0.15, 0.2) is 103 Å². The van der Waals surface area contributed by atoms with Gasteiger partial charge < -0.3 is 4.74 Å². The minimum atomic E-state index is -4.62. The van der Waals surface area contributed by atoms with Gasteiger partial charge in [0.05, 0.1) is 0 Å². The Morgan fingerprint density at radius 3 is 1.77 bits per heavy atom. The van der Waals surface area contributed by atoms with E-state index in [1.54, 1.807) is 6.07 Å². The summed E-state index contributed by atoms with van der Waals surface area (Å²) in [6.45, 7) is 2.17. The van der Waals surface area contributed by atoms with Crippen LogP contribution in [0.3, 0.4) is 0 Å². The zero-order valence-electron chi connectivity index (χ0n) is 28.2. The molecular formula is C42H35F9O. The van der Waals surface area contributed by atoms with Crippen LogP contribution in [0.2, 0.25) is 0 Å². The summed E-state index contributed by atoms with van der Waals surface area (Å²) in [6, 6.07) is 19.4. The molecule has 10 heteroatoms. The fraction of sp³-hybridized carbons (Fsp3) is 0.238. The van der Waals surface area contributed by atoms with Crippen molar-refractivity contribution >= 4 is 0 Å². The van der Waals surface area contributed by atoms with Crippen molar-refractivity contribution in [2.75, 3.05) is 0 Å². The lowest BCUT2D eigenvalue weighted by Gasteiger charge is -2.20. The van der Waals surface area contributed by atoms with E-state index in [9.17, 15) is 22.0 Å². The minimum absolute atomic E-state index is 0.0631. The number of aryl methyl sites for hydroxylation is 2. The van der Waals surface area contributed by atoms with Crippen molar-refractivity contribution in [2.24, 2.45) is 0 Å². The van der Waals surface area contributed by atoms with Crippen LogP contribution in [0.5, 0.6) is 5.75 Å². The van der Waals surface area contributed by atoms with Gasteiger partial charge in [-0.3, -0.25) is 0 Å². The fourth-order valence-corrected chi connectivity index (χ4v) is 5.98. The zero-order chi connectivity index (χ0) is 37.4. The first-order chi connectivity index (χ1) is 24.9. The van der Waals surface area contributed by atoms with Crippen LogP contribution in [-0.4, -0.2) is 0 Å². The van der Waals surface area contributed by atoms with Gasteiger partial charge in [-0.15, -0.1) is 0 Å². The Morgan fingerprint density at radius 1 is 0.577 bits per heavy atom. The van der Waals surface area contributed by atoms with E-state index in [1.165, 1.54) is 49.4 Å². The van der Waals surface area contributed by atoms with E-state index in [4.69, 9.17) is 0 Å². The Balaban J connectivity index is 1.29. The van der Waals surface area contributed by atoms with Gasteiger partial charge in [0.2, 0.25) is 0 Å². The van der Waals surface area contributed by atoms with E-state index in [0.717, 1.165) is 42.7 Å². The summed E-state index contributed by atoms with van der Waals surface area (Å²) in [7, 11) is 0. The quantitative estimate of drug-likeness (QED) is 0.0771. The molecule has 0 saturated heterocycles. The van der Waals surface area contributed by atoms with Gasteiger partial charge in [-0.2, -0.15) is 17.6 Å². The number of allylic oxidation sites excluding steroid dienone is 1. The number of unbranched alkanes of at least 4 members (excludes halogenated alkanes) is 4. The molecule has 0 radical (unpaired) electrons. The summed E-state index contributed by atoms with van der Waals surface area (Å²) in [6.07, 6.45) is 0.520. The molecule has 0 heterocycles. The topological polar surface area (TPSA) is 9.23 Å². The van der Waals surface area contributed by atoms with E-state index in [0.29, 0.717) is 29.8 Å². The van der Waals surface area contributed by atoms with Crippen molar-refractivity contribution in [3.8, 4) is 39.1 Å². The molecule has 272 valence electrons. The Labute approximate surface area is 296 Å². The molecule has 0 aromatic heterocycles. The Kier molecular flexibility index (Phi) is 12.5. The van der Waals surface area contributed by atoms with E-state index in [1.807, 2.05) is 24.3 Å². The number of rotatable bonds is 15. The molecule has 52 heavy (non-hydrogen) atoms. The third-order valence-corrected chi connectivity index (χ3v) is 8.73. The van der Waals surface area contributed by atoms with Crippen molar-refractivity contribution in [1.29, 1.82) is 0 Å². The molecule has 0 aliphatic rings. The van der Waals surface area contributed by atoms with Crippen LogP contribution in [0.25, 0.3) is 33.4 Å². The van der Waals surface area contributed by atoms with Gasteiger partial charge in [-0.1, -0.05) is 87.2 Å². The third-order valence-electron chi connectivity index (χ3n) is 8.73. The fourth-order valence-electron chi connectivity index (χ4n) is 5.98. The second-order valence-electron chi connectivity index (χ2n) is 12.5. The van der Waals surface area contributed by atoms with Crippen LogP contribution >= 0.6 is 0 Å². The normalized spacial score (nSPS) is 11.5. The highest BCUT2D eigenvalue weighted by atomic mass is 19.3. The van der Waals surface area contributed by atoms with Gasteiger partial charge in [0.1, 0.15) is 40.4 Å². The minimum Gasteiger partial charge on any atom is -0.429 e. The number of benzene rings is 5. The van der Waals surface area contributed by atoms with Gasteiger partial charge in [-0.05, 0) is 95.5 Å². The van der Waals surface area contributed by atoms with E-state index in [2.05, 4.69) is 11.7 Å². The molecule has 0 spiro atoms. The highest BCUT2D eigenvalue weighted by Crippen LogP contribution is 2.39. The van der Waals surface area contributed by atoms with Gasteiger partial charge in [-0.25, -0.2) is 22.0 Å². The van der Waals surface area contributed by atoms with Crippen LogP contribution < -0.4 is 4.74 Å². The monoisotopic (exact) mass is 726 g/mol. The molecule has 0 atom stereocenters. The standard InChI is InChI=1S/C42H35F9O/c1-2-3-4-5-6-8-26-11-13-27(14-12-26)29-16-19-33(36(44)21-29)30-17-20-34(37(45)22-30)31-23-38(46)41(39(47)24-31)42(50,51)52-32-18-15-28(35(43)25-32)9-7-10-40(48)49/h10-25H,2-9H2,1H3. The molecule has 0 aliphatic carbocycles. The molecule has 5 rings (SSSR count). The van der Waals surface area contributed by atoms with E-state index in [-0.39, 0.29) is 35.1 Å². The molecule has 1 nitrogen and oxygen atoms in total. The average Bonchev–Trinajstić information content (AvgIpc) is 3.08. The smallest absolute Gasteiger partial charge is 0.429 e. The molecule has 0 N–H and O–H groups in total. The number of ether oxygens (including phenoxy) is 1. The highest BCUT2D eigenvalue weighted by Gasteiger charge is 2.41. The van der Waals surface area contributed by atoms with Crippen molar-refractivity contribution < 1.29 is 44.3 Å². The van der Waals surface area contributed by atoms with E-state index < -0.39 is 58.2 Å². The molecule has 0 aliphatic heterocycles. The van der Waals surface area contributed by atoms with Crippen molar-refractivity contribution in [2.45, 2.75) is 64.4 Å². The van der Waals surface area contributed by atoms with Gasteiger partial charge in [0.15, 0.2) is 0 Å². The number of alkyl halides is 2. The number of hydrogen-bond donors (Lipinski definition) is 0. The summed E-state index contributed by atoms with van der Waals surface area (Å²) in [4.78, 5) is 0. The van der Waals surface area contributed by atoms with Crippen molar-refractivity contribution in [3.05, 3.63) is 149 Å². The van der Waals surface area contributed by atoms with Crippen LogP contribution in [0.4, 0.5) is 39.5 Å². The maximum Gasteiger partial charge on any atom is 0.432 e. The maximum atomic E-state index is 15.3. The first-order valence-electron chi connectivity index (χ1n) is 16.9. The lowest BCUT2D eigenvalue weighted by Crippen LogP contribution is -2.25. The lowest BCUT2D eigenvalue weighted by molar-refractivity contribution is -0.189. The lowest BCUT2D eigenvalue weighted by atomic mass is 9.96. The summed E-state index contributed by atoms with van der Waals surface area (Å²) in [5.41, 5.74) is 0.268. The molecular weight excluding hydrogens is 691 g/mol. The summed E-state index contributed by atoms with van der Waals surface area (Å²) in [5, 5.41) is 0. The molecule has 0 fully saturated rings. The first kappa shape index (κ1) is 38.2. The zero-order valence-corrected chi connectivity index (χ0v) is 28.2. The number of hydrogen-bond acceptors (Lipinski definition) is 1. The van der Waals surface area contributed by atoms with Crippen LogP contribution in [0, 0.1) is 29.1 Å². The largest absolute Gasteiger partial charge is 0.432 e. The van der Waals surface area contributed by atoms with Gasteiger partial charge >= 0.3 is 6.11 Å². The molecule has 0 bridgehead atoms. The highest BCUT2D eigenvalue weighted by molar-refractivity contribution is 5.74. The summed E-state index contributed by atoms with van der Waals surface area (Å²) < 4.78 is 134. The molecule has 0 unspecified atom stereocenters. The van der Waals surface area contributed by atoms with Crippen LogP contribution in [0.1, 0.15) is 62.1 Å². The first-order valence-corrected chi connectivity index (χ1v) is 16.9. The second kappa shape index (κ2) is 17.0. The molecule has 0 saturated carbocycles. The average molecular weight is 727 g/mol. The Bertz CT molecular complexity index is 2010. The Hall–Kier alpha value is -4.99. The van der Waals surface area contributed by atoms with Gasteiger partial charge in [0, 0.05) is 17.2 Å².